The third-order valence-corrected chi connectivity index (χ3v) is 3.07. The molecule has 0 aliphatic carbocycles. The van der Waals surface area contributed by atoms with Crippen LogP contribution in [0.25, 0.3) is 0 Å². The number of hydrogen-bond acceptors (Lipinski definition) is 2. The van der Waals surface area contributed by atoms with Crippen molar-refractivity contribution in [1.29, 1.82) is 0 Å². The van der Waals surface area contributed by atoms with Crippen LogP contribution in [-0.4, -0.2) is 20.9 Å². The number of rotatable bonds is 4. The van der Waals surface area contributed by atoms with E-state index in [4.69, 9.17) is 0 Å². The van der Waals surface area contributed by atoms with Crippen LogP contribution in [0.5, 0.6) is 0 Å². The van der Waals surface area contributed by atoms with Gasteiger partial charge in [-0.2, -0.15) is 5.10 Å². The quantitative estimate of drug-likeness (QED) is 0.917. The van der Waals surface area contributed by atoms with Crippen LogP contribution in [0.2, 0.25) is 0 Å². The molecule has 2 rings (SSSR count). The van der Waals surface area contributed by atoms with Gasteiger partial charge < -0.3 is 5.11 Å². The van der Waals surface area contributed by atoms with Crippen molar-refractivity contribution in [2.45, 2.75) is 33.2 Å². The molecule has 4 nitrogen and oxygen atoms in total. The highest BCUT2D eigenvalue weighted by Crippen LogP contribution is 2.20. The van der Waals surface area contributed by atoms with Crippen molar-refractivity contribution in [3.05, 3.63) is 52.8 Å². The zero-order chi connectivity index (χ0) is 14.0. The lowest BCUT2D eigenvalue weighted by molar-refractivity contribution is 0.0695. The molecule has 1 N–H and O–H groups in total. The van der Waals surface area contributed by atoms with Crippen LogP contribution in [0, 0.1) is 6.92 Å². The van der Waals surface area contributed by atoms with Gasteiger partial charge in [0.15, 0.2) is 0 Å². The minimum atomic E-state index is -0.917. The molecule has 0 aliphatic heterocycles. The Balaban J connectivity index is 2.38. The van der Waals surface area contributed by atoms with Gasteiger partial charge in [0.1, 0.15) is 5.56 Å². The van der Waals surface area contributed by atoms with Crippen molar-refractivity contribution < 1.29 is 9.90 Å². The molecule has 0 spiro atoms. The van der Waals surface area contributed by atoms with Gasteiger partial charge >= 0.3 is 5.97 Å². The van der Waals surface area contributed by atoms with Crippen molar-refractivity contribution in [3.63, 3.8) is 0 Å². The van der Waals surface area contributed by atoms with Crippen molar-refractivity contribution in [2.75, 3.05) is 0 Å². The molecule has 1 aromatic heterocycles. The Kier molecular flexibility index (Phi) is 3.69. The minimum absolute atomic E-state index is 0.124. The fourth-order valence-corrected chi connectivity index (χ4v) is 2.28. The van der Waals surface area contributed by atoms with Crippen LogP contribution >= 0.6 is 0 Å². The molecule has 4 heteroatoms. The van der Waals surface area contributed by atoms with Crippen LogP contribution in [-0.2, 0) is 6.54 Å². The standard InChI is InChI=1S/C15H18N2O2/c1-10(2)14-13(15(18)19)8-16-17(14)9-12-6-4-5-11(3)7-12/h4-8,10H,9H2,1-3H3,(H,18,19). The third-order valence-electron chi connectivity index (χ3n) is 3.07. The average Bonchev–Trinajstić information content (AvgIpc) is 2.73. The number of aromatic nitrogens is 2. The van der Waals surface area contributed by atoms with Gasteiger partial charge in [-0.15, -0.1) is 0 Å². The maximum absolute atomic E-state index is 11.2. The number of carboxylic acid groups (broad SMARTS) is 1. The second kappa shape index (κ2) is 5.26. The van der Waals surface area contributed by atoms with Gasteiger partial charge in [-0.3, -0.25) is 4.68 Å². The zero-order valence-electron chi connectivity index (χ0n) is 11.4. The maximum atomic E-state index is 11.2. The van der Waals surface area contributed by atoms with E-state index in [0.717, 1.165) is 11.3 Å². The average molecular weight is 258 g/mol. The number of aromatic carboxylic acids is 1. The van der Waals surface area contributed by atoms with Crippen molar-refractivity contribution in [2.24, 2.45) is 0 Å². The number of hydrogen-bond donors (Lipinski definition) is 1. The predicted octanol–water partition coefficient (Wildman–Crippen LogP) is 3.06. The molecule has 0 saturated carbocycles. The topological polar surface area (TPSA) is 55.1 Å². The van der Waals surface area contributed by atoms with Crippen molar-refractivity contribution in [3.8, 4) is 0 Å². The molecule has 0 amide bonds. The molecular weight excluding hydrogens is 240 g/mol. The van der Waals surface area contributed by atoms with Gasteiger partial charge in [-0.25, -0.2) is 4.79 Å². The van der Waals surface area contributed by atoms with E-state index < -0.39 is 5.97 Å². The lowest BCUT2D eigenvalue weighted by Gasteiger charge is -2.12. The van der Waals surface area contributed by atoms with Crippen LogP contribution in [0.4, 0.5) is 0 Å². The predicted molar refractivity (Wildman–Crippen MR) is 73.6 cm³/mol. The molecule has 0 unspecified atom stereocenters. The van der Waals surface area contributed by atoms with Gasteiger partial charge in [-0.1, -0.05) is 43.7 Å². The van der Waals surface area contributed by atoms with Crippen LogP contribution in [0.1, 0.15) is 46.9 Å². The molecular formula is C15H18N2O2. The molecule has 1 aromatic carbocycles. The fraction of sp³-hybridized carbons (Fsp3) is 0.333. The molecule has 0 aliphatic rings. The highest BCUT2D eigenvalue weighted by molar-refractivity contribution is 5.88. The number of benzene rings is 1. The van der Waals surface area contributed by atoms with E-state index in [9.17, 15) is 9.90 Å². The van der Waals surface area contributed by atoms with Crippen LogP contribution in [0.3, 0.4) is 0 Å². The van der Waals surface area contributed by atoms with E-state index in [-0.39, 0.29) is 5.92 Å². The monoisotopic (exact) mass is 258 g/mol. The molecule has 0 fully saturated rings. The lowest BCUT2D eigenvalue weighted by atomic mass is 10.1. The number of nitrogens with zero attached hydrogens (tertiary/aromatic N) is 2. The summed E-state index contributed by atoms with van der Waals surface area (Å²) in [5, 5.41) is 13.4. The lowest BCUT2D eigenvalue weighted by Crippen LogP contribution is -2.10. The highest BCUT2D eigenvalue weighted by atomic mass is 16.4. The summed E-state index contributed by atoms with van der Waals surface area (Å²) in [6, 6.07) is 8.16. The Morgan fingerprint density at radius 3 is 2.74 bits per heavy atom. The van der Waals surface area contributed by atoms with Gasteiger partial charge in [-0.05, 0) is 18.4 Å². The van der Waals surface area contributed by atoms with E-state index in [1.54, 1.807) is 4.68 Å². The first-order chi connectivity index (χ1) is 8.99. The summed E-state index contributed by atoms with van der Waals surface area (Å²) in [6.07, 6.45) is 1.44. The van der Waals surface area contributed by atoms with Crippen LogP contribution in [0.15, 0.2) is 30.5 Å². The second-order valence-electron chi connectivity index (χ2n) is 5.05. The van der Waals surface area contributed by atoms with Crippen molar-refractivity contribution in [1.82, 2.24) is 9.78 Å². The Morgan fingerprint density at radius 2 is 2.16 bits per heavy atom. The van der Waals surface area contributed by atoms with E-state index in [0.29, 0.717) is 12.1 Å². The first-order valence-corrected chi connectivity index (χ1v) is 6.33. The second-order valence-corrected chi connectivity index (χ2v) is 5.05. The zero-order valence-corrected chi connectivity index (χ0v) is 11.4. The van der Waals surface area contributed by atoms with Gasteiger partial charge in [0.2, 0.25) is 0 Å². The van der Waals surface area contributed by atoms with Gasteiger partial charge in [0, 0.05) is 0 Å². The minimum Gasteiger partial charge on any atom is -0.478 e. The Labute approximate surface area is 112 Å². The number of carbonyl (C=O) groups is 1. The molecule has 0 saturated heterocycles. The Bertz CT molecular complexity index is 600. The van der Waals surface area contributed by atoms with E-state index >= 15 is 0 Å². The molecule has 19 heavy (non-hydrogen) atoms. The maximum Gasteiger partial charge on any atom is 0.339 e. The van der Waals surface area contributed by atoms with Crippen molar-refractivity contribution >= 4 is 5.97 Å². The Hall–Kier alpha value is -2.10. The molecule has 1 heterocycles. The number of carboxylic acids is 1. The summed E-state index contributed by atoms with van der Waals surface area (Å²) in [5.74, 6) is -0.794. The normalized spacial score (nSPS) is 10.9. The van der Waals surface area contributed by atoms with Gasteiger partial charge in [0.05, 0.1) is 18.4 Å². The molecule has 0 bridgehead atoms. The summed E-state index contributed by atoms with van der Waals surface area (Å²) < 4.78 is 1.78. The molecule has 0 radical (unpaired) electrons. The largest absolute Gasteiger partial charge is 0.478 e. The smallest absolute Gasteiger partial charge is 0.339 e. The summed E-state index contributed by atoms with van der Waals surface area (Å²) in [4.78, 5) is 11.2. The molecule has 2 aromatic rings. The molecule has 0 atom stereocenters. The first kappa shape index (κ1) is 13.3. The van der Waals surface area contributed by atoms with E-state index in [2.05, 4.69) is 11.2 Å². The SMILES string of the molecule is Cc1cccc(Cn2ncc(C(=O)O)c2C(C)C)c1. The Morgan fingerprint density at radius 1 is 1.42 bits per heavy atom. The number of aryl methyl sites for hydroxylation is 1. The van der Waals surface area contributed by atoms with Crippen LogP contribution < -0.4 is 0 Å². The summed E-state index contributed by atoms with van der Waals surface area (Å²) >= 11 is 0. The molecule has 100 valence electrons. The summed E-state index contributed by atoms with van der Waals surface area (Å²) in [7, 11) is 0. The van der Waals surface area contributed by atoms with E-state index in [1.165, 1.54) is 11.8 Å². The third kappa shape index (κ3) is 2.84. The summed E-state index contributed by atoms with van der Waals surface area (Å²) in [5.41, 5.74) is 3.38. The fourth-order valence-electron chi connectivity index (χ4n) is 2.28. The van der Waals surface area contributed by atoms with E-state index in [1.807, 2.05) is 39.0 Å². The highest BCUT2D eigenvalue weighted by Gasteiger charge is 2.19. The van der Waals surface area contributed by atoms with Gasteiger partial charge in [0.25, 0.3) is 0 Å². The summed E-state index contributed by atoms with van der Waals surface area (Å²) in [6.45, 7) is 6.60. The first-order valence-electron chi connectivity index (χ1n) is 6.33.